The number of anilines is 1. The maximum atomic E-state index is 12.1. The number of aromatic nitrogens is 1. The van der Waals surface area contributed by atoms with Gasteiger partial charge in [-0.15, -0.1) is 11.3 Å². The molecule has 21 heavy (non-hydrogen) atoms. The highest BCUT2D eigenvalue weighted by atomic mass is 35.5. The van der Waals surface area contributed by atoms with E-state index in [1.807, 2.05) is 0 Å². The Hall–Kier alpha value is -1.18. The molecule has 0 radical (unpaired) electrons. The third-order valence-corrected chi connectivity index (χ3v) is 3.68. The summed E-state index contributed by atoms with van der Waals surface area (Å²) in [4.78, 5) is 4.08. The van der Waals surface area contributed by atoms with E-state index in [4.69, 9.17) is 33.7 Å². The van der Waals surface area contributed by atoms with Gasteiger partial charge >= 0.3 is 6.18 Å². The summed E-state index contributed by atoms with van der Waals surface area (Å²) in [5.74, 6) is 0.0227. The molecule has 1 aromatic carbocycles. The van der Waals surface area contributed by atoms with Gasteiger partial charge in [0.05, 0.1) is 28.8 Å². The second-order valence-corrected chi connectivity index (χ2v) is 5.76. The molecule has 0 aliphatic rings. The number of nitrogen functional groups attached to an aromatic ring is 1. The van der Waals surface area contributed by atoms with Crippen molar-refractivity contribution in [2.24, 2.45) is 0 Å². The minimum Gasteiger partial charge on any atom is -0.490 e. The molecule has 2 rings (SSSR count). The Morgan fingerprint density at radius 2 is 1.86 bits per heavy atom. The van der Waals surface area contributed by atoms with Crippen LogP contribution in [0.1, 0.15) is 6.42 Å². The van der Waals surface area contributed by atoms with Gasteiger partial charge in [0.15, 0.2) is 10.9 Å². The number of nitrogens with two attached hydrogens (primary N) is 1. The first-order valence-corrected chi connectivity index (χ1v) is 7.30. The highest BCUT2D eigenvalue weighted by molar-refractivity contribution is 7.13. The van der Waals surface area contributed by atoms with E-state index in [-0.39, 0.29) is 15.8 Å². The van der Waals surface area contributed by atoms with Crippen LogP contribution in [-0.2, 0) is 0 Å². The summed E-state index contributed by atoms with van der Waals surface area (Å²) in [5.41, 5.74) is 6.74. The number of thiazole rings is 1. The maximum Gasteiger partial charge on any atom is 0.392 e. The van der Waals surface area contributed by atoms with Gasteiger partial charge in [0.1, 0.15) is 0 Å². The minimum atomic E-state index is -4.29. The van der Waals surface area contributed by atoms with Gasteiger partial charge in [-0.25, -0.2) is 4.98 Å². The van der Waals surface area contributed by atoms with Crippen molar-refractivity contribution >= 4 is 39.7 Å². The molecular weight excluding hydrogens is 348 g/mol. The van der Waals surface area contributed by atoms with Crippen molar-refractivity contribution in [3.05, 3.63) is 27.6 Å². The quantitative estimate of drug-likeness (QED) is 0.835. The van der Waals surface area contributed by atoms with E-state index >= 15 is 0 Å². The molecule has 0 unspecified atom stereocenters. The first-order valence-electron chi connectivity index (χ1n) is 5.66. The van der Waals surface area contributed by atoms with E-state index < -0.39 is 19.2 Å². The number of ether oxygens (including phenoxy) is 1. The Balaban J connectivity index is 2.18. The zero-order chi connectivity index (χ0) is 15.6. The van der Waals surface area contributed by atoms with Crippen LogP contribution in [-0.4, -0.2) is 17.8 Å². The average Bonchev–Trinajstić information content (AvgIpc) is 2.78. The minimum absolute atomic E-state index is 0.0227. The van der Waals surface area contributed by atoms with E-state index in [0.29, 0.717) is 16.4 Å². The second kappa shape index (κ2) is 6.29. The van der Waals surface area contributed by atoms with Crippen molar-refractivity contribution in [1.29, 1.82) is 0 Å². The van der Waals surface area contributed by atoms with Crippen molar-refractivity contribution in [3.8, 4) is 17.0 Å². The first kappa shape index (κ1) is 16.2. The summed E-state index contributed by atoms with van der Waals surface area (Å²) in [6.07, 6.45) is -5.37. The SMILES string of the molecule is Nc1nc(-c2cc(Cl)c(OCCC(F)(F)F)c(Cl)c2)cs1. The van der Waals surface area contributed by atoms with Crippen LogP contribution in [0.3, 0.4) is 0 Å². The summed E-state index contributed by atoms with van der Waals surface area (Å²) in [7, 11) is 0. The standard InChI is InChI=1S/C12H9Cl2F3N2OS/c13-7-3-6(9-5-21-11(18)19-9)4-8(14)10(7)20-2-1-12(15,16)17/h3-5H,1-2H2,(H2,18,19). The molecule has 9 heteroatoms. The molecule has 0 fully saturated rings. The van der Waals surface area contributed by atoms with Crippen LogP contribution in [0.15, 0.2) is 17.5 Å². The molecular formula is C12H9Cl2F3N2OS. The fourth-order valence-corrected chi connectivity index (χ4v) is 2.70. The molecule has 0 spiro atoms. The topological polar surface area (TPSA) is 48.1 Å². The van der Waals surface area contributed by atoms with E-state index in [2.05, 4.69) is 4.98 Å². The Kier molecular flexibility index (Phi) is 4.85. The number of halogens is 5. The van der Waals surface area contributed by atoms with Crippen LogP contribution in [0.2, 0.25) is 10.0 Å². The predicted molar refractivity (Wildman–Crippen MR) is 78.1 cm³/mol. The molecule has 0 amide bonds. The molecule has 2 aromatic rings. The normalized spacial score (nSPS) is 11.7. The zero-order valence-corrected chi connectivity index (χ0v) is 12.7. The molecule has 0 saturated heterocycles. The number of hydrogen-bond donors (Lipinski definition) is 1. The van der Waals surface area contributed by atoms with Gasteiger partial charge in [-0.2, -0.15) is 13.2 Å². The average molecular weight is 357 g/mol. The van der Waals surface area contributed by atoms with E-state index in [1.165, 1.54) is 23.5 Å². The number of alkyl halides is 3. The molecule has 1 aromatic heterocycles. The molecule has 0 aliphatic heterocycles. The molecule has 0 atom stereocenters. The third kappa shape index (κ3) is 4.39. The lowest BCUT2D eigenvalue weighted by Crippen LogP contribution is -2.13. The van der Waals surface area contributed by atoms with E-state index in [1.54, 1.807) is 5.38 Å². The van der Waals surface area contributed by atoms with E-state index in [9.17, 15) is 13.2 Å². The van der Waals surface area contributed by atoms with Crippen LogP contribution < -0.4 is 10.5 Å². The Labute approximate surface area is 132 Å². The molecule has 2 N–H and O–H groups in total. The Bertz CT molecular complexity index is 623. The molecule has 1 heterocycles. The highest BCUT2D eigenvalue weighted by Crippen LogP contribution is 2.38. The zero-order valence-electron chi connectivity index (χ0n) is 10.4. The molecule has 3 nitrogen and oxygen atoms in total. The summed E-state index contributed by atoms with van der Waals surface area (Å²) in [6.45, 7) is -0.550. The van der Waals surface area contributed by atoms with Crippen molar-refractivity contribution in [3.63, 3.8) is 0 Å². The van der Waals surface area contributed by atoms with Gasteiger partial charge in [0, 0.05) is 10.9 Å². The number of rotatable bonds is 4. The lowest BCUT2D eigenvalue weighted by molar-refractivity contribution is -0.139. The van der Waals surface area contributed by atoms with Crippen LogP contribution >= 0.6 is 34.5 Å². The van der Waals surface area contributed by atoms with Crippen LogP contribution in [0.4, 0.5) is 18.3 Å². The van der Waals surface area contributed by atoms with Crippen LogP contribution in [0, 0.1) is 0 Å². The summed E-state index contributed by atoms with van der Waals surface area (Å²) >= 11 is 13.2. The second-order valence-electron chi connectivity index (χ2n) is 4.05. The molecule has 0 saturated carbocycles. The Morgan fingerprint density at radius 1 is 1.24 bits per heavy atom. The predicted octanol–water partition coefficient (Wildman–Crippen LogP) is 5.03. The van der Waals surface area contributed by atoms with Gasteiger partial charge in [0.2, 0.25) is 0 Å². The fourth-order valence-electron chi connectivity index (χ4n) is 1.53. The first-order chi connectivity index (χ1) is 9.76. The van der Waals surface area contributed by atoms with Gasteiger partial charge in [0.25, 0.3) is 0 Å². The lowest BCUT2D eigenvalue weighted by Gasteiger charge is -2.12. The van der Waals surface area contributed by atoms with Gasteiger partial charge < -0.3 is 10.5 Å². The molecule has 0 bridgehead atoms. The number of nitrogens with zero attached hydrogens (tertiary/aromatic N) is 1. The highest BCUT2D eigenvalue weighted by Gasteiger charge is 2.27. The molecule has 114 valence electrons. The van der Waals surface area contributed by atoms with Gasteiger partial charge in [-0.05, 0) is 12.1 Å². The third-order valence-electron chi connectivity index (χ3n) is 2.45. The fraction of sp³-hybridized carbons (Fsp3) is 0.250. The summed E-state index contributed by atoms with van der Waals surface area (Å²) in [5, 5.41) is 2.35. The van der Waals surface area contributed by atoms with Crippen molar-refractivity contribution < 1.29 is 17.9 Å². The van der Waals surface area contributed by atoms with Crippen LogP contribution in [0.5, 0.6) is 5.75 Å². The smallest absolute Gasteiger partial charge is 0.392 e. The lowest BCUT2D eigenvalue weighted by atomic mass is 10.1. The number of benzene rings is 1. The van der Waals surface area contributed by atoms with Crippen LogP contribution in [0.25, 0.3) is 11.3 Å². The summed E-state index contributed by atoms with van der Waals surface area (Å²) < 4.78 is 41.3. The number of hydrogen-bond acceptors (Lipinski definition) is 4. The van der Waals surface area contributed by atoms with Gasteiger partial charge in [-0.3, -0.25) is 0 Å². The summed E-state index contributed by atoms with van der Waals surface area (Å²) in [6, 6.07) is 3.04. The van der Waals surface area contributed by atoms with Crippen molar-refractivity contribution in [2.45, 2.75) is 12.6 Å². The Morgan fingerprint density at radius 3 is 2.33 bits per heavy atom. The monoisotopic (exact) mass is 356 g/mol. The van der Waals surface area contributed by atoms with E-state index in [0.717, 1.165) is 0 Å². The van der Waals surface area contributed by atoms with Crippen molar-refractivity contribution in [1.82, 2.24) is 4.98 Å². The van der Waals surface area contributed by atoms with Crippen molar-refractivity contribution in [2.75, 3.05) is 12.3 Å². The molecule has 0 aliphatic carbocycles. The maximum absolute atomic E-state index is 12.1. The van der Waals surface area contributed by atoms with Gasteiger partial charge in [-0.1, -0.05) is 23.2 Å². The largest absolute Gasteiger partial charge is 0.490 e.